The molecule has 0 atom stereocenters. The van der Waals surface area contributed by atoms with Crippen molar-refractivity contribution in [1.29, 1.82) is 0 Å². The molecule has 330 valence electrons. The van der Waals surface area contributed by atoms with Gasteiger partial charge in [-0.25, -0.2) is 29.3 Å². The van der Waals surface area contributed by atoms with Crippen LogP contribution in [0.4, 0.5) is 0 Å². The SMILES string of the molecule is C=CCOOCCCCCCCCCCCOc1cccc(OCCCCCCCCCCCOOCC=C)c1OCCCCCCCCCCCOOCC=C. The first-order valence-corrected chi connectivity index (χ1v) is 22.9. The van der Waals surface area contributed by atoms with Gasteiger partial charge in [0.2, 0.25) is 5.75 Å². The van der Waals surface area contributed by atoms with Crippen molar-refractivity contribution >= 4 is 0 Å². The molecule has 0 aliphatic rings. The summed E-state index contributed by atoms with van der Waals surface area (Å²) in [7, 11) is 0. The van der Waals surface area contributed by atoms with Crippen LogP contribution in [0, 0.1) is 0 Å². The molecule has 1 aromatic carbocycles. The third-order valence-corrected chi connectivity index (χ3v) is 9.63. The highest BCUT2D eigenvalue weighted by molar-refractivity contribution is 5.51. The van der Waals surface area contributed by atoms with Gasteiger partial charge >= 0.3 is 0 Å². The molecule has 0 fully saturated rings. The maximum Gasteiger partial charge on any atom is 0.203 e. The lowest BCUT2D eigenvalue weighted by molar-refractivity contribution is -0.286. The third kappa shape index (κ3) is 36.4. The van der Waals surface area contributed by atoms with Crippen LogP contribution >= 0.6 is 0 Å². The minimum Gasteiger partial charge on any atom is -0.490 e. The summed E-state index contributed by atoms with van der Waals surface area (Å²) in [6.07, 6.45) is 37.5. The predicted molar refractivity (Wildman–Crippen MR) is 234 cm³/mol. The van der Waals surface area contributed by atoms with E-state index in [1.54, 1.807) is 18.2 Å². The second-order valence-electron chi connectivity index (χ2n) is 14.9. The molecule has 0 radical (unpaired) electrons. The second-order valence-corrected chi connectivity index (χ2v) is 14.9. The largest absolute Gasteiger partial charge is 0.490 e. The minimum absolute atomic E-state index is 0.446. The summed E-state index contributed by atoms with van der Waals surface area (Å²) in [5.41, 5.74) is 0. The van der Waals surface area contributed by atoms with Gasteiger partial charge in [-0.1, -0.05) is 159 Å². The van der Waals surface area contributed by atoms with Crippen LogP contribution in [0.3, 0.4) is 0 Å². The fourth-order valence-corrected chi connectivity index (χ4v) is 6.37. The molecule has 0 saturated heterocycles. The first kappa shape index (κ1) is 52.6. The van der Waals surface area contributed by atoms with Gasteiger partial charge in [0.25, 0.3) is 0 Å². The van der Waals surface area contributed by atoms with Gasteiger partial charge in [-0.3, -0.25) is 0 Å². The van der Waals surface area contributed by atoms with Gasteiger partial charge in [-0.2, -0.15) is 0 Å². The zero-order valence-electron chi connectivity index (χ0n) is 36.2. The average molecular weight is 805 g/mol. The molecule has 0 bridgehead atoms. The van der Waals surface area contributed by atoms with Crippen LogP contribution in [0.1, 0.15) is 173 Å². The van der Waals surface area contributed by atoms with Gasteiger partial charge in [-0.15, -0.1) is 19.7 Å². The summed E-state index contributed by atoms with van der Waals surface area (Å²) in [6.45, 7) is 16.2. The molecule has 0 amide bonds. The summed E-state index contributed by atoms with van der Waals surface area (Å²) < 4.78 is 19.1. The van der Waals surface area contributed by atoms with Crippen LogP contribution in [0.25, 0.3) is 0 Å². The average Bonchev–Trinajstić information content (AvgIpc) is 3.22. The molecule has 57 heavy (non-hydrogen) atoms. The molecule has 0 unspecified atom stereocenters. The quantitative estimate of drug-likeness (QED) is 0.0277. The topological polar surface area (TPSA) is 83.1 Å². The van der Waals surface area contributed by atoms with Crippen molar-refractivity contribution in [2.45, 2.75) is 173 Å². The third-order valence-electron chi connectivity index (χ3n) is 9.63. The van der Waals surface area contributed by atoms with Crippen molar-refractivity contribution < 1.29 is 43.5 Å². The Morgan fingerprint density at radius 3 is 0.825 bits per heavy atom. The molecule has 9 heteroatoms. The highest BCUT2D eigenvalue weighted by Gasteiger charge is 2.13. The van der Waals surface area contributed by atoms with E-state index in [1.165, 1.54) is 135 Å². The van der Waals surface area contributed by atoms with Crippen LogP contribution in [0.15, 0.2) is 56.2 Å². The van der Waals surface area contributed by atoms with Crippen molar-refractivity contribution in [3.8, 4) is 17.2 Å². The second kappa shape index (κ2) is 44.7. The molecule has 0 aliphatic carbocycles. The van der Waals surface area contributed by atoms with Crippen molar-refractivity contribution in [1.82, 2.24) is 0 Å². The molecule has 0 aromatic heterocycles. The molecular formula is C48H84O9. The Hall–Kier alpha value is -2.40. The molecule has 1 aromatic rings. The smallest absolute Gasteiger partial charge is 0.203 e. The summed E-state index contributed by atoms with van der Waals surface area (Å²) in [4.78, 5) is 30.2. The number of benzene rings is 1. The fourth-order valence-electron chi connectivity index (χ4n) is 6.37. The molecule has 9 nitrogen and oxygen atoms in total. The number of ether oxygens (including phenoxy) is 3. The number of unbranched alkanes of at least 4 members (excludes halogenated alkanes) is 24. The van der Waals surface area contributed by atoms with Crippen LogP contribution < -0.4 is 14.2 Å². The summed E-state index contributed by atoms with van der Waals surface area (Å²) >= 11 is 0. The number of para-hydroxylation sites is 1. The Morgan fingerprint density at radius 2 is 0.544 bits per heavy atom. The Labute approximate surface area is 348 Å². The lowest BCUT2D eigenvalue weighted by atomic mass is 10.1. The van der Waals surface area contributed by atoms with E-state index in [0.29, 0.717) is 59.5 Å². The summed E-state index contributed by atoms with van der Waals surface area (Å²) in [6, 6.07) is 6.09. The summed E-state index contributed by atoms with van der Waals surface area (Å²) in [5.74, 6) is 2.38. The molecule has 0 aliphatic heterocycles. The van der Waals surface area contributed by atoms with Crippen LogP contribution in [0.2, 0.25) is 0 Å². The first-order valence-electron chi connectivity index (χ1n) is 22.9. The normalized spacial score (nSPS) is 11.2. The maximum absolute atomic E-state index is 6.41. The van der Waals surface area contributed by atoms with Gasteiger partial charge in [-0.05, 0) is 50.7 Å². The van der Waals surface area contributed by atoms with E-state index < -0.39 is 0 Å². The van der Waals surface area contributed by atoms with E-state index in [2.05, 4.69) is 19.7 Å². The molecule has 0 heterocycles. The minimum atomic E-state index is 0.446. The monoisotopic (exact) mass is 805 g/mol. The molecule has 0 N–H and O–H groups in total. The highest BCUT2D eigenvalue weighted by atomic mass is 17.2. The van der Waals surface area contributed by atoms with Gasteiger partial charge < -0.3 is 14.2 Å². The Morgan fingerprint density at radius 1 is 0.298 bits per heavy atom. The van der Waals surface area contributed by atoms with Crippen molar-refractivity contribution in [3.63, 3.8) is 0 Å². The van der Waals surface area contributed by atoms with E-state index in [0.717, 1.165) is 55.8 Å². The van der Waals surface area contributed by atoms with Crippen molar-refractivity contribution in [2.24, 2.45) is 0 Å². The lowest BCUT2D eigenvalue weighted by Crippen LogP contribution is -2.06. The van der Waals surface area contributed by atoms with Gasteiger partial charge in [0.15, 0.2) is 11.5 Å². The summed E-state index contributed by atoms with van der Waals surface area (Å²) in [5, 5.41) is 0. The van der Waals surface area contributed by atoms with Crippen molar-refractivity contribution in [2.75, 3.05) is 59.5 Å². The molecular weight excluding hydrogens is 721 g/mol. The van der Waals surface area contributed by atoms with E-state index in [-0.39, 0.29) is 0 Å². The van der Waals surface area contributed by atoms with E-state index in [9.17, 15) is 0 Å². The lowest BCUT2D eigenvalue weighted by Gasteiger charge is -2.17. The Bertz CT molecular complexity index is 948. The predicted octanol–water partition coefficient (Wildman–Crippen LogP) is 13.8. The zero-order valence-corrected chi connectivity index (χ0v) is 36.2. The molecule has 0 saturated carbocycles. The number of hydrogen-bond donors (Lipinski definition) is 0. The molecule has 0 spiro atoms. The molecule has 1 rings (SSSR count). The maximum atomic E-state index is 6.41. The van der Waals surface area contributed by atoms with Gasteiger partial charge in [0.1, 0.15) is 19.8 Å². The Kier molecular flexibility index (Phi) is 41.3. The van der Waals surface area contributed by atoms with Gasteiger partial charge in [0, 0.05) is 0 Å². The van der Waals surface area contributed by atoms with E-state index >= 15 is 0 Å². The first-order chi connectivity index (χ1) is 28.3. The fraction of sp³-hybridized carbons (Fsp3) is 0.750. The number of hydrogen-bond acceptors (Lipinski definition) is 9. The Balaban J connectivity index is 2.32. The van der Waals surface area contributed by atoms with Crippen LogP contribution in [-0.2, 0) is 29.3 Å². The van der Waals surface area contributed by atoms with Crippen LogP contribution in [0.5, 0.6) is 17.2 Å². The van der Waals surface area contributed by atoms with Gasteiger partial charge in [0.05, 0.1) is 39.6 Å². The van der Waals surface area contributed by atoms with E-state index in [1.807, 2.05) is 18.2 Å². The zero-order chi connectivity index (χ0) is 40.8. The highest BCUT2D eigenvalue weighted by Crippen LogP contribution is 2.38. The standard InChI is InChI=1S/C48H84O9/c1-4-37-52-55-43-31-25-19-13-7-10-16-22-28-40-49-46-35-34-36-47(50-41-29-23-17-11-8-14-20-26-32-44-56-53-38-5-2)48(46)51-42-30-24-18-12-9-15-21-27-33-45-57-54-39-6-3/h4-6,34-36H,1-3,7-33,37-45H2. The van der Waals surface area contributed by atoms with E-state index in [4.69, 9.17) is 43.5 Å². The van der Waals surface area contributed by atoms with Crippen molar-refractivity contribution in [3.05, 3.63) is 56.2 Å². The van der Waals surface area contributed by atoms with Crippen LogP contribution in [-0.4, -0.2) is 59.5 Å². The number of rotatable bonds is 48.